The molecule has 1 aliphatic rings. The van der Waals surface area contributed by atoms with Crippen LogP contribution in [0.3, 0.4) is 0 Å². The lowest BCUT2D eigenvalue weighted by Gasteiger charge is -2.32. The third kappa shape index (κ3) is 5.34. The van der Waals surface area contributed by atoms with Gasteiger partial charge in [0.1, 0.15) is 29.3 Å². The molecule has 1 aromatic heterocycles. The van der Waals surface area contributed by atoms with Crippen LogP contribution in [0.1, 0.15) is 29.0 Å². The maximum absolute atomic E-state index is 6.58. The average molecular weight is 656 g/mol. The van der Waals surface area contributed by atoms with E-state index in [1.54, 1.807) is 0 Å². The van der Waals surface area contributed by atoms with E-state index in [0.717, 1.165) is 55.6 Å². The van der Waals surface area contributed by atoms with Gasteiger partial charge in [0.25, 0.3) is 0 Å². The highest BCUT2D eigenvalue weighted by Gasteiger charge is 2.27. The van der Waals surface area contributed by atoms with Gasteiger partial charge in [0.05, 0.1) is 0 Å². The Kier molecular flexibility index (Phi) is 7.00. The van der Waals surface area contributed by atoms with Crippen molar-refractivity contribution in [3.05, 3.63) is 193 Å². The van der Waals surface area contributed by atoms with E-state index in [-0.39, 0.29) is 12.3 Å². The van der Waals surface area contributed by atoms with Crippen molar-refractivity contribution in [2.24, 2.45) is 4.99 Å². The number of hydrogen-bond donors (Lipinski definition) is 2. The maximum atomic E-state index is 6.58. The number of furan rings is 1. The summed E-state index contributed by atoms with van der Waals surface area (Å²) in [5.74, 6) is 0.813. The van der Waals surface area contributed by atoms with Crippen LogP contribution in [0.25, 0.3) is 65.7 Å². The zero-order valence-electron chi connectivity index (χ0n) is 27.8. The van der Waals surface area contributed by atoms with Gasteiger partial charge in [-0.25, -0.2) is 4.99 Å². The molecule has 4 heteroatoms. The molecule has 4 nitrogen and oxygen atoms in total. The molecule has 0 amide bonds. The third-order valence-electron chi connectivity index (χ3n) is 10.1. The minimum Gasteiger partial charge on any atom is -0.456 e. The van der Waals surface area contributed by atoms with E-state index in [1.165, 1.54) is 32.7 Å². The number of rotatable bonds is 5. The first-order chi connectivity index (χ1) is 25.2. The van der Waals surface area contributed by atoms with Crippen LogP contribution in [-0.4, -0.2) is 5.84 Å². The maximum Gasteiger partial charge on any atom is 0.136 e. The quantitative estimate of drug-likeness (QED) is 0.194. The lowest BCUT2D eigenvalue weighted by atomic mass is 9.94. The Morgan fingerprint density at radius 1 is 0.451 bits per heavy atom. The zero-order valence-corrected chi connectivity index (χ0v) is 27.8. The largest absolute Gasteiger partial charge is 0.456 e. The first-order valence-corrected chi connectivity index (χ1v) is 17.4. The number of amidine groups is 1. The number of fused-ring (bicyclic) bond motifs is 5. The molecule has 2 heterocycles. The molecule has 0 aliphatic carbocycles. The van der Waals surface area contributed by atoms with Gasteiger partial charge in [0.15, 0.2) is 0 Å². The van der Waals surface area contributed by atoms with Crippen LogP contribution in [0, 0.1) is 0 Å². The highest BCUT2D eigenvalue weighted by atomic mass is 16.3. The molecule has 9 aromatic rings. The lowest BCUT2D eigenvalue weighted by molar-refractivity contribution is 0.409. The van der Waals surface area contributed by atoms with E-state index in [9.17, 15) is 0 Å². The fourth-order valence-electron chi connectivity index (χ4n) is 7.53. The van der Waals surface area contributed by atoms with Gasteiger partial charge in [-0.1, -0.05) is 140 Å². The number of nitrogens with one attached hydrogen (secondary N) is 2. The summed E-state index contributed by atoms with van der Waals surface area (Å²) in [6.07, 6.45) is -0.464. The van der Waals surface area contributed by atoms with Gasteiger partial charge >= 0.3 is 0 Å². The van der Waals surface area contributed by atoms with Crippen LogP contribution in [0.15, 0.2) is 185 Å². The van der Waals surface area contributed by atoms with Crippen LogP contribution < -0.4 is 10.6 Å². The number of hydrogen-bond acceptors (Lipinski definition) is 4. The molecule has 1 aliphatic heterocycles. The van der Waals surface area contributed by atoms with Gasteiger partial charge < -0.3 is 9.73 Å². The Hall–Kier alpha value is -6.49. The highest BCUT2D eigenvalue weighted by Crippen LogP contribution is 2.39. The summed E-state index contributed by atoms with van der Waals surface area (Å²) >= 11 is 0. The van der Waals surface area contributed by atoms with Gasteiger partial charge in [-0.2, -0.15) is 0 Å². The first kappa shape index (κ1) is 29.4. The van der Waals surface area contributed by atoms with Crippen molar-refractivity contribution in [1.29, 1.82) is 0 Å². The van der Waals surface area contributed by atoms with Crippen molar-refractivity contribution < 1.29 is 4.42 Å². The molecular weight excluding hydrogens is 623 g/mol. The molecule has 0 fully saturated rings. The molecule has 242 valence electrons. The predicted octanol–water partition coefficient (Wildman–Crippen LogP) is 11.6. The second-order valence-electron chi connectivity index (χ2n) is 13.3. The number of benzene rings is 8. The predicted molar refractivity (Wildman–Crippen MR) is 211 cm³/mol. The van der Waals surface area contributed by atoms with E-state index in [4.69, 9.17) is 9.41 Å². The summed E-state index contributed by atoms with van der Waals surface area (Å²) in [5, 5.41) is 14.7. The van der Waals surface area contributed by atoms with E-state index >= 15 is 0 Å². The number of para-hydroxylation sites is 1. The average Bonchev–Trinajstić information content (AvgIpc) is 3.59. The molecule has 51 heavy (non-hydrogen) atoms. The molecule has 2 unspecified atom stereocenters. The molecule has 0 spiro atoms. The van der Waals surface area contributed by atoms with Gasteiger partial charge in [-0.3, -0.25) is 5.32 Å². The lowest BCUT2D eigenvalue weighted by Crippen LogP contribution is -2.45. The molecule has 8 aromatic carbocycles. The molecule has 0 saturated carbocycles. The standard InChI is InChI=1S/C47H33N3O/c1-2-11-30(12-3-1)35-17-10-18-36(25-35)41-28-39(29-43-44(41)40-19-8-9-20-42(40)51-43)47-49-45(37-23-21-31-13-4-6-15-33(31)26-37)48-46(50-47)38-24-22-32-14-5-7-16-34(32)27-38/h1-29,45-46,48H,(H,49,50). The van der Waals surface area contributed by atoms with E-state index in [1.807, 2.05) is 12.1 Å². The smallest absolute Gasteiger partial charge is 0.136 e. The normalized spacial score (nSPS) is 16.0. The second kappa shape index (κ2) is 12.1. The SMILES string of the molecule is c1ccc(-c2cccc(-c3cc(C4=NC(c5ccc6ccccc6c5)NC(c5ccc6ccccc6c5)N4)cc4oc5ccccc5c34)c2)cc1. The van der Waals surface area contributed by atoms with Crippen molar-refractivity contribution in [1.82, 2.24) is 10.6 Å². The van der Waals surface area contributed by atoms with Crippen LogP contribution in [0.2, 0.25) is 0 Å². The number of nitrogens with zero attached hydrogens (tertiary/aromatic N) is 1. The molecular formula is C47H33N3O. The monoisotopic (exact) mass is 655 g/mol. The van der Waals surface area contributed by atoms with Gasteiger partial charge in [-0.15, -0.1) is 0 Å². The number of aliphatic imine (C=N–C) groups is 1. The third-order valence-corrected chi connectivity index (χ3v) is 10.1. The Balaban J connectivity index is 1.16. The van der Waals surface area contributed by atoms with Crippen LogP contribution in [-0.2, 0) is 0 Å². The molecule has 2 N–H and O–H groups in total. The van der Waals surface area contributed by atoms with E-state index in [2.05, 4.69) is 174 Å². The fraction of sp³-hybridized carbons (Fsp3) is 0.0426. The summed E-state index contributed by atoms with van der Waals surface area (Å²) in [6, 6.07) is 62.3. The summed E-state index contributed by atoms with van der Waals surface area (Å²) in [7, 11) is 0. The Morgan fingerprint density at radius 3 is 1.90 bits per heavy atom. The topological polar surface area (TPSA) is 49.6 Å². The molecule has 10 rings (SSSR count). The Morgan fingerprint density at radius 2 is 1.10 bits per heavy atom. The van der Waals surface area contributed by atoms with Crippen molar-refractivity contribution >= 4 is 49.3 Å². The summed E-state index contributed by atoms with van der Waals surface area (Å²) in [4.78, 5) is 5.38. The summed E-state index contributed by atoms with van der Waals surface area (Å²) < 4.78 is 6.58. The molecule has 2 atom stereocenters. The molecule has 0 saturated heterocycles. The minimum atomic E-state index is -0.279. The van der Waals surface area contributed by atoms with Crippen molar-refractivity contribution in [2.75, 3.05) is 0 Å². The molecule has 0 bridgehead atoms. The Labute approximate surface area is 295 Å². The van der Waals surface area contributed by atoms with E-state index in [0.29, 0.717) is 0 Å². The minimum absolute atomic E-state index is 0.185. The van der Waals surface area contributed by atoms with Crippen LogP contribution in [0.4, 0.5) is 0 Å². The summed E-state index contributed by atoms with van der Waals surface area (Å²) in [6.45, 7) is 0. The van der Waals surface area contributed by atoms with Gasteiger partial charge in [-0.05, 0) is 91.3 Å². The van der Waals surface area contributed by atoms with Crippen molar-refractivity contribution in [2.45, 2.75) is 12.3 Å². The van der Waals surface area contributed by atoms with Crippen LogP contribution in [0.5, 0.6) is 0 Å². The molecule has 0 radical (unpaired) electrons. The highest BCUT2D eigenvalue weighted by molar-refractivity contribution is 6.15. The Bertz CT molecular complexity index is 2780. The first-order valence-electron chi connectivity index (χ1n) is 17.4. The van der Waals surface area contributed by atoms with Gasteiger partial charge in [0.2, 0.25) is 0 Å². The summed E-state index contributed by atoms with van der Waals surface area (Å²) in [5.41, 5.74) is 9.52. The van der Waals surface area contributed by atoms with Crippen molar-refractivity contribution in [3.63, 3.8) is 0 Å². The van der Waals surface area contributed by atoms with Crippen LogP contribution >= 0.6 is 0 Å². The van der Waals surface area contributed by atoms with Gasteiger partial charge in [0, 0.05) is 16.3 Å². The second-order valence-corrected chi connectivity index (χ2v) is 13.3. The van der Waals surface area contributed by atoms with Crippen molar-refractivity contribution in [3.8, 4) is 22.3 Å². The fourth-order valence-corrected chi connectivity index (χ4v) is 7.53. The van der Waals surface area contributed by atoms with E-state index < -0.39 is 0 Å². The zero-order chi connectivity index (χ0) is 33.7.